The monoisotopic (exact) mass is 476 g/mol. The van der Waals surface area contributed by atoms with E-state index in [1.807, 2.05) is 0 Å². The molecule has 0 unspecified atom stereocenters. The molecule has 2 heterocycles. The van der Waals surface area contributed by atoms with E-state index in [2.05, 4.69) is 68.9 Å². The van der Waals surface area contributed by atoms with Gasteiger partial charge in [-0.3, -0.25) is 0 Å². The van der Waals surface area contributed by atoms with E-state index in [1.54, 1.807) is 11.1 Å². The van der Waals surface area contributed by atoms with Crippen LogP contribution >= 0.6 is 0 Å². The van der Waals surface area contributed by atoms with Gasteiger partial charge in [0.15, 0.2) is 6.20 Å². The van der Waals surface area contributed by atoms with Gasteiger partial charge in [0.05, 0.1) is 10.9 Å². The smallest absolute Gasteiger partial charge is 0.228 e. The second kappa shape index (κ2) is 8.33. The van der Waals surface area contributed by atoms with Crippen molar-refractivity contribution in [1.82, 2.24) is 0 Å². The standard InChI is InChI=1S/C34H38NO/c1-20(2)17-28-32-26(14-13-23-11-8-12-27(23)32)21(3)30-33-31-24(15-16-35(33)4)18-25(19-29(31)36-34(28)30)22-9-6-5-7-10-22/h13-16,18-20,22H,5-12,17H2,1-4H3/q+1. The van der Waals surface area contributed by atoms with Crippen LogP contribution in [0, 0.1) is 12.8 Å². The third kappa shape index (κ3) is 3.26. The lowest BCUT2D eigenvalue weighted by atomic mass is 9.81. The normalized spacial score (nSPS) is 17.0. The molecule has 0 spiro atoms. The highest BCUT2D eigenvalue weighted by Crippen LogP contribution is 2.53. The number of hydrogen-bond acceptors (Lipinski definition) is 1. The summed E-state index contributed by atoms with van der Waals surface area (Å²) in [6.45, 7) is 7.02. The molecule has 1 aliphatic heterocycles. The van der Waals surface area contributed by atoms with E-state index < -0.39 is 0 Å². The molecule has 0 amide bonds. The van der Waals surface area contributed by atoms with E-state index in [0.29, 0.717) is 11.8 Å². The van der Waals surface area contributed by atoms with Gasteiger partial charge < -0.3 is 4.74 Å². The molecule has 4 aromatic rings. The molecule has 2 nitrogen and oxygen atoms in total. The van der Waals surface area contributed by atoms with Gasteiger partial charge in [0, 0.05) is 11.6 Å². The molecule has 3 aliphatic rings. The quantitative estimate of drug-likeness (QED) is 0.238. The SMILES string of the molecule is Cc1c2c(c(CC(C)C)c3c4c(ccc13)CCC4)Oc1cc(C3CCCCC3)cc3cc[n+](C)c-2c13. The fraction of sp³-hybridized carbons (Fsp3) is 0.441. The molecule has 1 aromatic heterocycles. The van der Waals surface area contributed by atoms with Gasteiger partial charge in [-0.1, -0.05) is 51.3 Å². The lowest BCUT2D eigenvalue weighted by molar-refractivity contribution is -0.659. The Bertz CT molecular complexity index is 1540. The summed E-state index contributed by atoms with van der Waals surface area (Å²) in [6, 6.07) is 12.0. The lowest BCUT2D eigenvalue weighted by Crippen LogP contribution is -2.32. The molecule has 0 radical (unpaired) electrons. The summed E-state index contributed by atoms with van der Waals surface area (Å²) in [6.07, 6.45) is 13.7. The van der Waals surface area contributed by atoms with Gasteiger partial charge in [-0.15, -0.1) is 0 Å². The first-order chi connectivity index (χ1) is 17.5. The Morgan fingerprint density at radius 1 is 0.972 bits per heavy atom. The molecular formula is C34H38NO+. The van der Waals surface area contributed by atoms with E-state index in [-0.39, 0.29) is 0 Å². The summed E-state index contributed by atoms with van der Waals surface area (Å²) in [4.78, 5) is 0. The van der Waals surface area contributed by atoms with Gasteiger partial charge in [-0.05, 0) is 102 Å². The second-order valence-electron chi connectivity index (χ2n) is 12.1. The highest BCUT2D eigenvalue weighted by molar-refractivity contribution is 6.07. The van der Waals surface area contributed by atoms with Gasteiger partial charge in [-0.2, -0.15) is 0 Å². The maximum absolute atomic E-state index is 7.10. The Balaban J connectivity index is 1.56. The molecular weight excluding hydrogens is 438 g/mol. The van der Waals surface area contributed by atoms with Crippen molar-refractivity contribution in [3.8, 4) is 22.8 Å². The summed E-state index contributed by atoms with van der Waals surface area (Å²) >= 11 is 0. The van der Waals surface area contributed by atoms with Crippen LogP contribution in [0.2, 0.25) is 0 Å². The first-order valence-electron chi connectivity index (χ1n) is 14.3. The first-order valence-corrected chi connectivity index (χ1v) is 14.3. The molecule has 1 fully saturated rings. The van der Waals surface area contributed by atoms with Gasteiger partial charge in [0.2, 0.25) is 5.69 Å². The van der Waals surface area contributed by atoms with Crippen LogP contribution in [-0.4, -0.2) is 0 Å². The van der Waals surface area contributed by atoms with Crippen molar-refractivity contribution in [2.24, 2.45) is 13.0 Å². The van der Waals surface area contributed by atoms with Crippen molar-refractivity contribution < 1.29 is 9.30 Å². The van der Waals surface area contributed by atoms with Crippen molar-refractivity contribution in [3.05, 3.63) is 64.3 Å². The molecule has 7 rings (SSSR count). The van der Waals surface area contributed by atoms with Crippen molar-refractivity contribution in [2.75, 3.05) is 0 Å². The van der Waals surface area contributed by atoms with E-state index in [9.17, 15) is 0 Å². The number of pyridine rings is 1. The number of rotatable bonds is 3. The molecule has 3 aromatic carbocycles. The molecule has 1 saturated carbocycles. The maximum atomic E-state index is 7.10. The molecule has 184 valence electrons. The minimum atomic E-state index is 0.570. The third-order valence-corrected chi connectivity index (χ3v) is 9.22. The summed E-state index contributed by atoms with van der Waals surface area (Å²) in [5.41, 5.74) is 10.0. The van der Waals surface area contributed by atoms with Crippen LogP contribution in [0.15, 0.2) is 36.5 Å². The van der Waals surface area contributed by atoms with E-state index >= 15 is 0 Å². The van der Waals surface area contributed by atoms with Crippen LogP contribution in [0.1, 0.15) is 86.1 Å². The molecule has 36 heavy (non-hydrogen) atoms. The highest BCUT2D eigenvalue weighted by Gasteiger charge is 2.34. The van der Waals surface area contributed by atoms with Crippen molar-refractivity contribution in [1.29, 1.82) is 0 Å². The van der Waals surface area contributed by atoms with Crippen molar-refractivity contribution in [3.63, 3.8) is 0 Å². The first kappa shape index (κ1) is 22.3. The molecule has 0 bridgehead atoms. The zero-order valence-corrected chi connectivity index (χ0v) is 22.3. The number of aryl methyl sites for hydroxylation is 4. The lowest BCUT2D eigenvalue weighted by Gasteiger charge is -2.28. The number of ether oxygens (including phenoxy) is 1. The fourth-order valence-corrected chi connectivity index (χ4v) is 7.54. The van der Waals surface area contributed by atoms with Crippen molar-refractivity contribution >= 4 is 21.5 Å². The zero-order chi connectivity index (χ0) is 24.6. The Morgan fingerprint density at radius 2 is 1.81 bits per heavy atom. The van der Waals surface area contributed by atoms with Crippen LogP contribution < -0.4 is 9.30 Å². The molecule has 2 aliphatic carbocycles. The predicted molar refractivity (Wildman–Crippen MR) is 149 cm³/mol. The number of hydrogen-bond donors (Lipinski definition) is 0. The molecule has 0 atom stereocenters. The molecule has 0 saturated heterocycles. The largest absolute Gasteiger partial charge is 0.455 e. The summed E-state index contributed by atoms with van der Waals surface area (Å²) in [5.74, 6) is 3.44. The molecule has 0 N–H and O–H groups in total. The minimum absolute atomic E-state index is 0.570. The number of benzene rings is 3. The Labute approximate surface area is 215 Å². The number of aromatic nitrogens is 1. The second-order valence-corrected chi connectivity index (χ2v) is 12.1. The van der Waals surface area contributed by atoms with Gasteiger partial charge in [0.1, 0.15) is 18.5 Å². The summed E-state index contributed by atoms with van der Waals surface area (Å²) < 4.78 is 9.44. The van der Waals surface area contributed by atoms with Gasteiger partial charge >= 0.3 is 0 Å². The van der Waals surface area contributed by atoms with Crippen LogP contribution in [0.25, 0.3) is 32.8 Å². The van der Waals surface area contributed by atoms with Gasteiger partial charge in [-0.25, -0.2) is 4.57 Å². The number of fused-ring (bicyclic) bond motifs is 5. The average molecular weight is 477 g/mol. The summed E-state index contributed by atoms with van der Waals surface area (Å²) in [7, 11) is 2.21. The minimum Gasteiger partial charge on any atom is -0.455 e. The van der Waals surface area contributed by atoms with Crippen LogP contribution in [0.4, 0.5) is 0 Å². The fourth-order valence-electron chi connectivity index (χ4n) is 7.54. The van der Waals surface area contributed by atoms with E-state index in [4.69, 9.17) is 4.74 Å². The van der Waals surface area contributed by atoms with Crippen LogP contribution in [0.5, 0.6) is 11.5 Å². The Morgan fingerprint density at radius 3 is 2.61 bits per heavy atom. The van der Waals surface area contributed by atoms with Gasteiger partial charge in [0.25, 0.3) is 0 Å². The van der Waals surface area contributed by atoms with Crippen LogP contribution in [-0.2, 0) is 26.3 Å². The summed E-state index contributed by atoms with van der Waals surface area (Å²) in [5, 5.41) is 5.53. The van der Waals surface area contributed by atoms with Crippen molar-refractivity contribution in [2.45, 2.75) is 84.5 Å². The Hall–Kier alpha value is -2.87. The zero-order valence-electron chi connectivity index (χ0n) is 22.3. The average Bonchev–Trinajstić information content (AvgIpc) is 3.37. The van der Waals surface area contributed by atoms with E-state index in [0.717, 1.165) is 17.9 Å². The predicted octanol–water partition coefficient (Wildman–Crippen LogP) is 8.63. The Kier molecular flexibility index (Phi) is 5.17. The topological polar surface area (TPSA) is 13.1 Å². The van der Waals surface area contributed by atoms with E-state index in [1.165, 1.54) is 101 Å². The number of nitrogens with zero attached hydrogens (tertiary/aromatic N) is 1. The third-order valence-electron chi connectivity index (χ3n) is 9.22. The highest BCUT2D eigenvalue weighted by atomic mass is 16.5. The molecule has 2 heteroatoms. The van der Waals surface area contributed by atoms with Crippen LogP contribution in [0.3, 0.4) is 0 Å². The maximum Gasteiger partial charge on any atom is 0.228 e.